The number of urea groups is 1. The molecule has 0 aliphatic carbocycles. The van der Waals surface area contributed by atoms with Gasteiger partial charge in [-0.05, 0) is 35.1 Å². The number of thiophene rings is 1. The predicted molar refractivity (Wildman–Crippen MR) is 115 cm³/mol. The molecule has 2 N–H and O–H groups in total. The molecule has 1 aliphatic heterocycles. The molecule has 0 saturated carbocycles. The second kappa shape index (κ2) is 8.83. The third kappa shape index (κ3) is 5.36. The van der Waals surface area contributed by atoms with Crippen molar-refractivity contribution in [3.63, 3.8) is 0 Å². The second-order valence-corrected chi connectivity index (χ2v) is 10.9. The summed E-state index contributed by atoms with van der Waals surface area (Å²) in [6, 6.07) is 9.74. The Morgan fingerprint density at radius 2 is 1.90 bits per heavy atom. The molecule has 1 atom stereocenters. The van der Waals surface area contributed by atoms with Gasteiger partial charge >= 0.3 is 6.03 Å². The molecule has 9 heteroatoms. The summed E-state index contributed by atoms with van der Waals surface area (Å²) in [5.74, 6) is 0. The lowest BCUT2D eigenvalue weighted by atomic mass is 9.86. The van der Waals surface area contributed by atoms with Crippen molar-refractivity contribution in [2.45, 2.75) is 31.7 Å². The fraction of sp³-hybridized carbons (Fsp3) is 0.450. The monoisotopic (exact) mass is 437 g/mol. The first-order valence-electron chi connectivity index (χ1n) is 9.47. The molecule has 0 spiro atoms. The van der Waals surface area contributed by atoms with E-state index in [0.717, 1.165) is 4.88 Å². The summed E-state index contributed by atoms with van der Waals surface area (Å²) in [5, 5.41) is 7.76. The smallest absolute Gasteiger partial charge is 0.319 e. The molecule has 1 fully saturated rings. The van der Waals surface area contributed by atoms with E-state index in [4.69, 9.17) is 4.74 Å². The van der Waals surface area contributed by atoms with Gasteiger partial charge in [-0.1, -0.05) is 32.9 Å². The summed E-state index contributed by atoms with van der Waals surface area (Å²) >= 11 is 1.59. The SMILES string of the molecule is CC(C)(C)C(NC(=O)Nc1cccc(S(=O)(=O)N2CCOCC2)c1)c1cccs1. The highest BCUT2D eigenvalue weighted by Gasteiger charge is 2.29. The van der Waals surface area contributed by atoms with Crippen molar-refractivity contribution in [3.8, 4) is 0 Å². The summed E-state index contributed by atoms with van der Waals surface area (Å²) < 4.78 is 32.3. The van der Waals surface area contributed by atoms with E-state index in [-0.39, 0.29) is 22.4 Å². The Morgan fingerprint density at radius 3 is 2.52 bits per heavy atom. The molecule has 7 nitrogen and oxygen atoms in total. The molecule has 2 heterocycles. The summed E-state index contributed by atoms with van der Waals surface area (Å²) in [6.07, 6.45) is 0. The van der Waals surface area contributed by atoms with Crippen LogP contribution in [0, 0.1) is 5.41 Å². The standard InChI is InChI=1S/C20H27N3O4S2/c1-20(2,3)18(17-8-5-13-28-17)22-19(24)21-15-6-4-7-16(14-15)29(25,26)23-9-11-27-12-10-23/h4-8,13-14,18H,9-12H2,1-3H3,(H2,21,22,24). The number of nitrogens with zero attached hydrogens (tertiary/aromatic N) is 1. The number of carbonyl (C=O) groups excluding carboxylic acids is 1. The Kier molecular flexibility index (Phi) is 6.62. The van der Waals surface area contributed by atoms with E-state index in [9.17, 15) is 13.2 Å². The van der Waals surface area contributed by atoms with Crippen LogP contribution in [0.15, 0.2) is 46.7 Å². The molecule has 1 saturated heterocycles. The quantitative estimate of drug-likeness (QED) is 0.747. The van der Waals surface area contributed by atoms with Gasteiger partial charge in [-0.3, -0.25) is 0 Å². The van der Waals surface area contributed by atoms with Crippen LogP contribution in [-0.2, 0) is 14.8 Å². The van der Waals surface area contributed by atoms with Crippen LogP contribution in [0.1, 0.15) is 31.7 Å². The van der Waals surface area contributed by atoms with E-state index in [1.165, 1.54) is 16.4 Å². The molecule has 2 amide bonds. The minimum Gasteiger partial charge on any atom is -0.379 e. The zero-order chi connectivity index (χ0) is 21.1. The molecule has 0 bridgehead atoms. The van der Waals surface area contributed by atoms with Gasteiger partial charge in [0.25, 0.3) is 0 Å². The molecule has 1 aromatic heterocycles. The van der Waals surface area contributed by atoms with Crippen LogP contribution in [0.3, 0.4) is 0 Å². The van der Waals surface area contributed by atoms with Crippen molar-refractivity contribution in [3.05, 3.63) is 46.7 Å². The van der Waals surface area contributed by atoms with Crippen LogP contribution in [0.5, 0.6) is 0 Å². The van der Waals surface area contributed by atoms with Crippen molar-refractivity contribution >= 4 is 33.1 Å². The number of benzene rings is 1. The first-order chi connectivity index (χ1) is 13.7. The first-order valence-corrected chi connectivity index (χ1v) is 11.8. The minimum atomic E-state index is -3.62. The Morgan fingerprint density at radius 1 is 1.17 bits per heavy atom. The Balaban J connectivity index is 1.73. The van der Waals surface area contributed by atoms with Crippen molar-refractivity contribution in [1.82, 2.24) is 9.62 Å². The fourth-order valence-electron chi connectivity index (χ4n) is 3.14. The molecular weight excluding hydrogens is 410 g/mol. The maximum Gasteiger partial charge on any atom is 0.319 e. The highest BCUT2D eigenvalue weighted by Crippen LogP contribution is 2.35. The molecular formula is C20H27N3O4S2. The molecule has 0 radical (unpaired) electrons. The summed E-state index contributed by atoms with van der Waals surface area (Å²) in [4.78, 5) is 13.9. The van der Waals surface area contributed by atoms with Crippen LogP contribution in [0.25, 0.3) is 0 Å². The maximum atomic E-state index is 12.8. The van der Waals surface area contributed by atoms with Gasteiger partial charge in [-0.2, -0.15) is 4.31 Å². The van der Waals surface area contributed by atoms with E-state index >= 15 is 0 Å². The lowest BCUT2D eigenvalue weighted by molar-refractivity contribution is 0.0730. The van der Waals surface area contributed by atoms with E-state index in [1.807, 2.05) is 17.5 Å². The first kappa shape index (κ1) is 21.8. The zero-order valence-electron chi connectivity index (χ0n) is 16.8. The van der Waals surface area contributed by atoms with Crippen LogP contribution < -0.4 is 10.6 Å². The van der Waals surface area contributed by atoms with Gasteiger partial charge in [-0.25, -0.2) is 13.2 Å². The van der Waals surface area contributed by atoms with E-state index < -0.39 is 10.0 Å². The van der Waals surface area contributed by atoms with Gasteiger partial charge in [0, 0.05) is 23.7 Å². The number of morpholine rings is 1. The van der Waals surface area contributed by atoms with Crippen LogP contribution in [0.4, 0.5) is 10.5 Å². The summed E-state index contributed by atoms with van der Waals surface area (Å²) in [6.45, 7) is 7.61. The van der Waals surface area contributed by atoms with Crippen LogP contribution >= 0.6 is 11.3 Å². The second-order valence-electron chi connectivity index (χ2n) is 7.96. The van der Waals surface area contributed by atoms with Crippen LogP contribution in [0.2, 0.25) is 0 Å². The van der Waals surface area contributed by atoms with Gasteiger partial charge in [0.2, 0.25) is 10.0 Å². The molecule has 2 aromatic rings. The normalized spacial score (nSPS) is 16.9. The maximum absolute atomic E-state index is 12.8. The molecule has 1 aliphatic rings. The number of ether oxygens (including phenoxy) is 1. The highest BCUT2D eigenvalue weighted by molar-refractivity contribution is 7.89. The number of hydrogen-bond donors (Lipinski definition) is 2. The molecule has 1 aromatic carbocycles. The van der Waals surface area contributed by atoms with Gasteiger partial charge in [0.15, 0.2) is 0 Å². The number of rotatable bonds is 5. The van der Waals surface area contributed by atoms with Crippen molar-refractivity contribution in [2.75, 3.05) is 31.6 Å². The van der Waals surface area contributed by atoms with E-state index in [0.29, 0.717) is 32.0 Å². The summed E-state index contributed by atoms with van der Waals surface area (Å²) in [5.41, 5.74) is 0.250. The zero-order valence-corrected chi connectivity index (χ0v) is 18.5. The molecule has 1 unspecified atom stereocenters. The average molecular weight is 438 g/mol. The number of nitrogens with one attached hydrogen (secondary N) is 2. The third-order valence-electron chi connectivity index (χ3n) is 4.67. The van der Waals surface area contributed by atoms with Crippen molar-refractivity contribution in [2.24, 2.45) is 5.41 Å². The highest BCUT2D eigenvalue weighted by atomic mass is 32.2. The van der Waals surface area contributed by atoms with Crippen LogP contribution in [-0.4, -0.2) is 45.1 Å². The van der Waals surface area contributed by atoms with Gasteiger partial charge < -0.3 is 15.4 Å². The minimum absolute atomic E-state index is 0.155. The predicted octanol–water partition coefficient (Wildman–Crippen LogP) is 3.68. The van der Waals surface area contributed by atoms with Gasteiger partial charge in [0.05, 0.1) is 24.2 Å². The lowest BCUT2D eigenvalue weighted by Crippen LogP contribution is -2.40. The average Bonchev–Trinajstić information content (AvgIpc) is 3.20. The fourth-order valence-corrected chi connectivity index (χ4v) is 5.61. The number of anilines is 1. The number of sulfonamides is 1. The number of amides is 2. The van der Waals surface area contributed by atoms with Gasteiger partial charge in [-0.15, -0.1) is 11.3 Å². The third-order valence-corrected chi connectivity index (χ3v) is 7.50. The lowest BCUT2D eigenvalue weighted by Gasteiger charge is -2.30. The van der Waals surface area contributed by atoms with E-state index in [2.05, 4.69) is 31.4 Å². The largest absolute Gasteiger partial charge is 0.379 e. The molecule has 3 rings (SSSR count). The molecule has 158 valence electrons. The Labute approximate surface area is 176 Å². The Hall–Kier alpha value is -1.94. The van der Waals surface area contributed by atoms with Gasteiger partial charge in [0.1, 0.15) is 0 Å². The van der Waals surface area contributed by atoms with Crippen molar-refractivity contribution < 1.29 is 17.9 Å². The van der Waals surface area contributed by atoms with Crippen molar-refractivity contribution in [1.29, 1.82) is 0 Å². The molecule has 29 heavy (non-hydrogen) atoms. The van der Waals surface area contributed by atoms with E-state index in [1.54, 1.807) is 23.5 Å². The number of hydrogen-bond acceptors (Lipinski definition) is 5. The summed E-state index contributed by atoms with van der Waals surface area (Å²) in [7, 11) is -3.62. The number of carbonyl (C=O) groups is 1. The Bertz CT molecular complexity index is 931. The topological polar surface area (TPSA) is 87.7 Å².